The molecule has 0 aromatic carbocycles. The average molecular weight is 246 g/mol. The van der Waals surface area contributed by atoms with E-state index in [4.69, 9.17) is 0 Å². The van der Waals surface area contributed by atoms with Crippen LogP contribution in [0, 0.1) is 11.3 Å². The minimum absolute atomic E-state index is 0.528. The molecular formula is C14H18N2S. The Morgan fingerprint density at radius 2 is 2.24 bits per heavy atom. The summed E-state index contributed by atoms with van der Waals surface area (Å²) in [6, 6.07) is 4.24. The first kappa shape index (κ1) is 11.0. The molecule has 1 aliphatic rings. The highest BCUT2D eigenvalue weighted by atomic mass is 32.1. The summed E-state index contributed by atoms with van der Waals surface area (Å²) < 4.78 is 1.32. The molecule has 1 N–H and O–H groups in total. The Hall–Kier alpha value is -1.09. The third kappa shape index (κ3) is 1.93. The molecule has 2 nitrogen and oxygen atoms in total. The van der Waals surface area contributed by atoms with Crippen LogP contribution in [0.3, 0.4) is 0 Å². The number of pyridine rings is 1. The van der Waals surface area contributed by atoms with Crippen molar-refractivity contribution >= 4 is 27.2 Å². The highest BCUT2D eigenvalue weighted by Gasteiger charge is 2.44. The van der Waals surface area contributed by atoms with E-state index in [9.17, 15) is 0 Å². The van der Waals surface area contributed by atoms with Crippen LogP contribution in [0.4, 0.5) is 5.82 Å². The van der Waals surface area contributed by atoms with Crippen molar-refractivity contribution in [3.8, 4) is 0 Å². The Labute approximate surface area is 106 Å². The minimum atomic E-state index is 0.528. The number of hydrogen-bond acceptors (Lipinski definition) is 3. The molecule has 0 radical (unpaired) electrons. The normalized spacial score (nSPS) is 17.6. The molecule has 90 valence electrons. The Kier molecular flexibility index (Phi) is 2.58. The number of fused-ring (bicyclic) bond motifs is 1. The van der Waals surface area contributed by atoms with Gasteiger partial charge in [0.05, 0.1) is 0 Å². The van der Waals surface area contributed by atoms with Crippen LogP contribution in [0.2, 0.25) is 0 Å². The second-order valence-corrected chi connectivity index (χ2v) is 6.31. The van der Waals surface area contributed by atoms with Crippen molar-refractivity contribution in [2.75, 3.05) is 11.9 Å². The Morgan fingerprint density at radius 1 is 1.41 bits per heavy atom. The smallest absolute Gasteiger partial charge is 0.134 e. The van der Waals surface area contributed by atoms with E-state index in [1.165, 1.54) is 22.9 Å². The van der Waals surface area contributed by atoms with Gasteiger partial charge in [-0.2, -0.15) is 0 Å². The lowest BCUT2D eigenvalue weighted by molar-refractivity contribution is 0.380. The third-order valence-corrected chi connectivity index (χ3v) is 4.99. The summed E-state index contributed by atoms with van der Waals surface area (Å²) in [5.74, 6) is 1.81. The summed E-state index contributed by atoms with van der Waals surface area (Å²) in [4.78, 5) is 4.46. The molecule has 17 heavy (non-hydrogen) atoms. The fraction of sp³-hybridized carbons (Fsp3) is 0.500. The standard InChI is InChI=1S/C14H18N2S/c1-10(2)14(5-6-14)9-16-13-11-4-8-17-12(11)3-7-15-13/h3-4,7-8,10H,5-6,9H2,1-2H3,(H,15,16). The van der Waals surface area contributed by atoms with Gasteiger partial charge in [-0.05, 0) is 41.7 Å². The Morgan fingerprint density at radius 3 is 2.94 bits per heavy atom. The first-order valence-electron chi connectivity index (χ1n) is 6.27. The van der Waals surface area contributed by atoms with Gasteiger partial charge < -0.3 is 5.32 Å². The van der Waals surface area contributed by atoms with Crippen LogP contribution in [0.1, 0.15) is 26.7 Å². The van der Waals surface area contributed by atoms with Gasteiger partial charge in [0.25, 0.3) is 0 Å². The monoisotopic (exact) mass is 246 g/mol. The number of aromatic nitrogens is 1. The number of rotatable bonds is 4. The Balaban J connectivity index is 1.79. The molecule has 1 fully saturated rings. The van der Waals surface area contributed by atoms with Crippen LogP contribution in [-0.2, 0) is 0 Å². The van der Waals surface area contributed by atoms with Gasteiger partial charge in [-0.25, -0.2) is 4.98 Å². The van der Waals surface area contributed by atoms with Gasteiger partial charge in [-0.3, -0.25) is 0 Å². The average Bonchev–Trinajstić information content (AvgIpc) is 2.96. The lowest BCUT2D eigenvalue weighted by Crippen LogP contribution is -2.21. The zero-order valence-electron chi connectivity index (χ0n) is 10.4. The van der Waals surface area contributed by atoms with E-state index in [0.717, 1.165) is 18.3 Å². The summed E-state index contributed by atoms with van der Waals surface area (Å²) in [6.45, 7) is 5.72. The first-order chi connectivity index (χ1) is 8.21. The molecular weight excluding hydrogens is 228 g/mol. The molecule has 3 rings (SSSR count). The van der Waals surface area contributed by atoms with Crippen molar-refractivity contribution in [2.24, 2.45) is 11.3 Å². The van der Waals surface area contributed by atoms with Crippen LogP contribution in [0.5, 0.6) is 0 Å². The highest BCUT2D eigenvalue weighted by Crippen LogP contribution is 2.51. The van der Waals surface area contributed by atoms with E-state index in [1.54, 1.807) is 11.3 Å². The number of thiophene rings is 1. The lowest BCUT2D eigenvalue weighted by Gasteiger charge is -2.20. The molecule has 1 aliphatic carbocycles. The second-order valence-electron chi connectivity index (χ2n) is 5.36. The van der Waals surface area contributed by atoms with E-state index in [1.807, 2.05) is 6.20 Å². The van der Waals surface area contributed by atoms with Gasteiger partial charge in [0.15, 0.2) is 0 Å². The van der Waals surface area contributed by atoms with Crippen molar-refractivity contribution < 1.29 is 0 Å². The maximum atomic E-state index is 4.46. The van der Waals surface area contributed by atoms with Crippen LogP contribution in [0.25, 0.3) is 10.1 Å². The van der Waals surface area contributed by atoms with Crippen molar-refractivity contribution in [1.82, 2.24) is 4.98 Å². The quantitative estimate of drug-likeness (QED) is 0.876. The molecule has 2 aromatic rings. The molecule has 0 atom stereocenters. The zero-order chi connectivity index (χ0) is 11.9. The van der Waals surface area contributed by atoms with Crippen LogP contribution >= 0.6 is 11.3 Å². The summed E-state index contributed by atoms with van der Waals surface area (Å²) in [5.41, 5.74) is 0.528. The van der Waals surface area contributed by atoms with E-state index in [2.05, 4.69) is 41.7 Å². The maximum Gasteiger partial charge on any atom is 0.134 e. The van der Waals surface area contributed by atoms with Gasteiger partial charge in [0.2, 0.25) is 0 Å². The predicted octanol–water partition coefficient (Wildman–Crippen LogP) is 4.14. The summed E-state index contributed by atoms with van der Waals surface area (Å²) in [5, 5.41) is 6.95. The second kappa shape index (κ2) is 3.98. The summed E-state index contributed by atoms with van der Waals surface area (Å²) in [6.07, 6.45) is 4.62. The number of nitrogens with one attached hydrogen (secondary N) is 1. The van der Waals surface area contributed by atoms with Crippen LogP contribution < -0.4 is 5.32 Å². The molecule has 2 aromatic heterocycles. The number of hydrogen-bond donors (Lipinski definition) is 1. The van der Waals surface area contributed by atoms with Crippen LogP contribution in [0.15, 0.2) is 23.7 Å². The van der Waals surface area contributed by atoms with Crippen molar-refractivity contribution in [3.63, 3.8) is 0 Å². The van der Waals surface area contributed by atoms with Gasteiger partial charge in [0, 0.05) is 22.8 Å². The fourth-order valence-electron chi connectivity index (χ4n) is 2.41. The van der Waals surface area contributed by atoms with E-state index in [-0.39, 0.29) is 0 Å². The lowest BCUT2D eigenvalue weighted by atomic mass is 9.92. The van der Waals surface area contributed by atoms with Gasteiger partial charge in [-0.1, -0.05) is 13.8 Å². The third-order valence-electron chi connectivity index (χ3n) is 4.10. The fourth-order valence-corrected chi connectivity index (χ4v) is 3.20. The zero-order valence-corrected chi connectivity index (χ0v) is 11.2. The SMILES string of the molecule is CC(C)C1(CNc2nccc3sccc23)CC1. The van der Waals surface area contributed by atoms with E-state index in [0.29, 0.717) is 5.41 Å². The molecule has 0 spiro atoms. The van der Waals surface area contributed by atoms with Gasteiger partial charge in [-0.15, -0.1) is 11.3 Å². The van der Waals surface area contributed by atoms with Gasteiger partial charge in [0.1, 0.15) is 5.82 Å². The van der Waals surface area contributed by atoms with Crippen molar-refractivity contribution in [3.05, 3.63) is 23.7 Å². The maximum absolute atomic E-state index is 4.46. The number of anilines is 1. The molecule has 0 amide bonds. The first-order valence-corrected chi connectivity index (χ1v) is 7.15. The van der Waals surface area contributed by atoms with Crippen LogP contribution in [-0.4, -0.2) is 11.5 Å². The largest absolute Gasteiger partial charge is 0.369 e. The molecule has 0 aliphatic heterocycles. The minimum Gasteiger partial charge on any atom is -0.369 e. The molecule has 3 heteroatoms. The van der Waals surface area contributed by atoms with Gasteiger partial charge >= 0.3 is 0 Å². The number of nitrogens with zero attached hydrogens (tertiary/aromatic N) is 1. The summed E-state index contributed by atoms with van der Waals surface area (Å²) in [7, 11) is 0. The predicted molar refractivity (Wildman–Crippen MR) is 74.6 cm³/mol. The molecule has 0 saturated heterocycles. The summed E-state index contributed by atoms with van der Waals surface area (Å²) >= 11 is 1.78. The molecule has 1 saturated carbocycles. The van der Waals surface area contributed by atoms with E-state index >= 15 is 0 Å². The Bertz CT molecular complexity index is 526. The topological polar surface area (TPSA) is 24.9 Å². The molecule has 0 bridgehead atoms. The van der Waals surface area contributed by atoms with E-state index < -0.39 is 0 Å². The highest BCUT2D eigenvalue weighted by molar-refractivity contribution is 7.17. The molecule has 0 unspecified atom stereocenters. The van der Waals surface area contributed by atoms with Crippen molar-refractivity contribution in [1.29, 1.82) is 0 Å². The molecule has 2 heterocycles. The van der Waals surface area contributed by atoms with Crippen molar-refractivity contribution in [2.45, 2.75) is 26.7 Å².